The van der Waals surface area contributed by atoms with Gasteiger partial charge in [-0.3, -0.25) is 4.79 Å². The molecule has 0 aliphatic carbocycles. The Bertz CT molecular complexity index is 875. The molecule has 2 N–H and O–H groups in total. The van der Waals surface area contributed by atoms with E-state index in [0.29, 0.717) is 0 Å². The van der Waals surface area contributed by atoms with Crippen LogP contribution < -0.4 is 5.32 Å². The third kappa shape index (κ3) is 4.08. The summed E-state index contributed by atoms with van der Waals surface area (Å²) in [6.45, 7) is 0. The normalized spacial score (nSPS) is 11.0. The van der Waals surface area contributed by atoms with Crippen molar-refractivity contribution in [2.45, 2.75) is 4.90 Å². The van der Waals surface area contributed by atoms with Gasteiger partial charge in [-0.2, -0.15) is 0 Å². The summed E-state index contributed by atoms with van der Waals surface area (Å²) < 4.78 is 22.8. The zero-order chi connectivity index (χ0) is 17.2. The first-order valence-corrected chi connectivity index (χ1v) is 8.60. The minimum absolute atomic E-state index is 0.0166. The summed E-state index contributed by atoms with van der Waals surface area (Å²) in [5, 5.41) is 11.6. The van der Waals surface area contributed by atoms with E-state index in [0.717, 1.165) is 6.26 Å². The molecule has 0 saturated heterocycles. The van der Waals surface area contributed by atoms with Crippen LogP contribution in [0.2, 0.25) is 5.02 Å². The molecule has 0 radical (unpaired) electrons. The number of carbonyl (C=O) groups excluding carboxylic acids is 1. The molecule has 2 aromatic rings. The fraction of sp³-hybridized carbons (Fsp3) is 0.0667. The number of amides is 1. The third-order valence-corrected chi connectivity index (χ3v) is 4.46. The smallest absolute Gasteiger partial charge is 0.335 e. The summed E-state index contributed by atoms with van der Waals surface area (Å²) in [7, 11) is -3.34. The zero-order valence-electron chi connectivity index (χ0n) is 11.9. The molecule has 0 spiro atoms. The Kier molecular flexibility index (Phi) is 4.72. The lowest BCUT2D eigenvalue weighted by molar-refractivity contribution is 0.0696. The van der Waals surface area contributed by atoms with Crippen LogP contribution >= 0.6 is 11.6 Å². The SMILES string of the molecule is CS(=O)(=O)c1ccc(C(=O)Nc2cc(C(=O)O)ccc2Cl)cc1. The predicted octanol–water partition coefficient (Wildman–Crippen LogP) is 2.69. The molecule has 120 valence electrons. The number of hydrogen-bond acceptors (Lipinski definition) is 4. The quantitative estimate of drug-likeness (QED) is 0.880. The van der Waals surface area contributed by atoms with Gasteiger partial charge in [0.2, 0.25) is 0 Å². The molecule has 0 saturated carbocycles. The van der Waals surface area contributed by atoms with Gasteiger partial charge in [-0.25, -0.2) is 13.2 Å². The zero-order valence-corrected chi connectivity index (χ0v) is 13.5. The Morgan fingerprint density at radius 2 is 1.61 bits per heavy atom. The Hall–Kier alpha value is -2.38. The number of benzene rings is 2. The molecule has 0 fully saturated rings. The molecule has 0 atom stereocenters. The second-order valence-corrected chi connectivity index (χ2v) is 7.17. The van der Waals surface area contributed by atoms with Gasteiger partial charge in [0.1, 0.15) is 0 Å². The fourth-order valence-electron chi connectivity index (χ4n) is 1.80. The third-order valence-electron chi connectivity index (χ3n) is 3.01. The molecule has 0 aromatic heterocycles. The first-order valence-electron chi connectivity index (χ1n) is 6.33. The number of rotatable bonds is 4. The number of carboxylic acid groups (broad SMARTS) is 1. The highest BCUT2D eigenvalue weighted by Gasteiger charge is 2.13. The second-order valence-electron chi connectivity index (χ2n) is 4.75. The maximum absolute atomic E-state index is 12.1. The first-order chi connectivity index (χ1) is 10.7. The van der Waals surface area contributed by atoms with Crippen molar-refractivity contribution in [2.24, 2.45) is 0 Å². The van der Waals surface area contributed by atoms with Gasteiger partial charge < -0.3 is 10.4 Å². The molecule has 0 unspecified atom stereocenters. The fourth-order valence-corrected chi connectivity index (χ4v) is 2.60. The lowest BCUT2D eigenvalue weighted by Crippen LogP contribution is -2.13. The Morgan fingerprint density at radius 3 is 2.13 bits per heavy atom. The summed E-state index contributed by atoms with van der Waals surface area (Å²) in [6.07, 6.45) is 1.07. The lowest BCUT2D eigenvalue weighted by atomic mass is 10.1. The van der Waals surface area contributed by atoms with E-state index < -0.39 is 21.7 Å². The topological polar surface area (TPSA) is 101 Å². The Labute approximate surface area is 137 Å². The molecular weight excluding hydrogens is 342 g/mol. The van der Waals surface area contributed by atoms with Gasteiger partial charge in [-0.15, -0.1) is 0 Å². The van der Waals surface area contributed by atoms with Gasteiger partial charge in [-0.05, 0) is 42.5 Å². The van der Waals surface area contributed by atoms with E-state index in [1.54, 1.807) is 0 Å². The number of carboxylic acids is 1. The second kappa shape index (κ2) is 6.39. The average molecular weight is 354 g/mol. The number of nitrogens with one attached hydrogen (secondary N) is 1. The Balaban J connectivity index is 2.26. The van der Waals surface area contributed by atoms with Gasteiger partial charge in [0.05, 0.1) is 21.2 Å². The van der Waals surface area contributed by atoms with Crippen LogP contribution in [-0.4, -0.2) is 31.7 Å². The highest BCUT2D eigenvalue weighted by molar-refractivity contribution is 7.90. The number of aromatic carboxylic acids is 1. The number of carbonyl (C=O) groups is 2. The van der Waals surface area contributed by atoms with E-state index in [1.165, 1.54) is 42.5 Å². The summed E-state index contributed by atoms with van der Waals surface area (Å²) in [5.41, 5.74) is 0.357. The highest BCUT2D eigenvalue weighted by atomic mass is 35.5. The van der Waals surface area contributed by atoms with Crippen molar-refractivity contribution in [1.82, 2.24) is 0 Å². The molecule has 0 aliphatic heterocycles. The van der Waals surface area contributed by atoms with Crippen molar-refractivity contribution >= 4 is 39.0 Å². The van der Waals surface area contributed by atoms with Gasteiger partial charge >= 0.3 is 5.97 Å². The van der Waals surface area contributed by atoms with Crippen LogP contribution in [0.25, 0.3) is 0 Å². The standard InChI is InChI=1S/C15H12ClNO5S/c1-23(21,22)11-5-2-9(3-6-11)14(18)17-13-8-10(15(19)20)4-7-12(13)16/h2-8H,1H3,(H,17,18)(H,19,20). The van der Waals surface area contributed by atoms with Crippen LogP contribution in [0.4, 0.5) is 5.69 Å². The van der Waals surface area contributed by atoms with Gasteiger partial charge in [-0.1, -0.05) is 11.6 Å². The number of hydrogen-bond donors (Lipinski definition) is 2. The van der Waals surface area contributed by atoms with Crippen LogP contribution in [0.1, 0.15) is 20.7 Å². The van der Waals surface area contributed by atoms with Crippen molar-refractivity contribution in [3.05, 3.63) is 58.6 Å². The van der Waals surface area contributed by atoms with Gasteiger partial charge in [0.25, 0.3) is 5.91 Å². The maximum atomic E-state index is 12.1. The van der Waals surface area contributed by atoms with Crippen molar-refractivity contribution in [1.29, 1.82) is 0 Å². The molecule has 0 aliphatic rings. The van der Waals surface area contributed by atoms with Gasteiger partial charge in [0, 0.05) is 11.8 Å². The van der Waals surface area contributed by atoms with Crippen LogP contribution in [0.3, 0.4) is 0 Å². The van der Waals surface area contributed by atoms with Crippen molar-refractivity contribution < 1.29 is 23.1 Å². The minimum atomic E-state index is -3.34. The number of anilines is 1. The molecule has 1 amide bonds. The van der Waals surface area contributed by atoms with Crippen molar-refractivity contribution in [3.63, 3.8) is 0 Å². The van der Waals surface area contributed by atoms with Gasteiger partial charge in [0.15, 0.2) is 9.84 Å². The van der Waals surface area contributed by atoms with E-state index in [2.05, 4.69) is 5.32 Å². The van der Waals surface area contributed by atoms with Crippen LogP contribution in [0.5, 0.6) is 0 Å². The molecule has 8 heteroatoms. The van der Waals surface area contributed by atoms with Crippen LogP contribution in [0, 0.1) is 0 Å². The highest BCUT2D eigenvalue weighted by Crippen LogP contribution is 2.24. The molecule has 2 aromatic carbocycles. The largest absolute Gasteiger partial charge is 0.478 e. The Morgan fingerprint density at radius 1 is 1.04 bits per heavy atom. The van der Waals surface area contributed by atoms with Crippen LogP contribution in [-0.2, 0) is 9.84 Å². The molecular formula is C15H12ClNO5S. The molecule has 2 rings (SSSR count). The lowest BCUT2D eigenvalue weighted by Gasteiger charge is -2.08. The van der Waals surface area contributed by atoms with E-state index in [4.69, 9.17) is 16.7 Å². The van der Waals surface area contributed by atoms with Crippen LogP contribution in [0.15, 0.2) is 47.4 Å². The van der Waals surface area contributed by atoms with Crippen molar-refractivity contribution in [3.8, 4) is 0 Å². The molecule has 23 heavy (non-hydrogen) atoms. The first kappa shape index (κ1) is 17.0. The molecule has 6 nitrogen and oxygen atoms in total. The predicted molar refractivity (Wildman–Crippen MR) is 85.9 cm³/mol. The summed E-state index contributed by atoms with van der Waals surface area (Å²) in [4.78, 5) is 23.2. The van der Waals surface area contributed by atoms with E-state index in [-0.39, 0.29) is 26.7 Å². The summed E-state index contributed by atoms with van der Waals surface area (Å²) >= 11 is 5.93. The van der Waals surface area contributed by atoms with Crippen molar-refractivity contribution in [2.75, 3.05) is 11.6 Å². The van der Waals surface area contributed by atoms with E-state index >= 15 is 0 Å². The monoisotopic (exact) mass is 353 g/mol. The molecule has 0 heterocycles. The maximum Gasteiger partial charge on any atom is 0.335 e. The summed E-state index contributed by atoms with van der Waals surface area (Å²) in [6, 6.07) is 9.29. The van der Waals surface area contributed by atoms with E-state index in [1.807, 2.05) is 0 Å². The minimum Gasteiger partial charge on any atom is -0.478 e. The van der Waals surface area contributed by atoms with E-state index in [9.17, 15) is 18.0 Å². The number of sulfone groups is 1. The number of halogens is 1. The average Bonchev–Trinajstić information content (AvgIpc) is 2.48. The molecule has 0 bridgehead atoms. The summed E-state index contributed by atoms with van der Waals surface area (Å²) in [5.74, 6) is -1.68.